The lowest BCUT2D eigenvalue weighted by Gasteiger charge is -2.14. The minimum atomic E-state index is -0.562. The highest BCUT2D eigenvalue weighted by atomic mass is 35.5. The van der Waals surface area contributed by atoms with Gasteiger partial charge in [-0.3, -0.25) is 15.0 Å². The summed E-state index contributed by atoms with van der Waals surface area (Å²) in [6, 6.07) is 13.4. The lowest BCUT2D eigenvalue weighted by Crippen LogP contribution is -2.35. The van der Waals surface area contributed by atoms with Crippen LogP contribution in [0.1, 0.15) is 5.56 Å². The van der Waals surface area contributed by atoms with Crippen molar-refractivity contribution in [2.45, 2.75) is 0 Å². The van der Waals surface area contributed by atoms with Crippen LogP contribution in [0.15, 0.2) is 54.1 Å². The number of anilines is 1. The van der Waals surface area contributed by atoms with Crippen LogP contribution < -0.4 is 15.2 Å². The molecule has 2 aromatic rings. The second kappa shape index (κ2) is 7.92. The number of rotatable bonds is 5. The van der Waals surface area contributed by atoms with Gasteiger partial charge in [-0.15, -0.1) is 0 Å². The Labute approximate surface area is 160 Å². The molecule has 0 aromatic heterocycles. The number of benzene rings is 2. The van der Waals surface area contributed by atoms with E-state index < -0.39 is 17.8 Å². The van der Waals surface area contributed by atoms with E-state index >= 15 is 0 Å². The van der Waals surface area contributed by atoms with Crippen LogP contribution in [0.2, 0.25) is 5.02 Å². The number of hydrazine groups is 1. The van der Waals surface area contributed by atoms with Crippen molar-refractivity contribution in [2.75, 3.05) is 18.7 Å². The number of carbonyl (C=O) groups excluding carboxylic acids is 3. The number of hydrogen-bond donors (Lipinski definition) is 1. The van der Waals surface area contributed by atoms with Gasteiger partial charge in [0.15, 0.2) is 6.61 Å². The summed E-state index contributed by atoms with van der Waals surface area (Å²) in [7, 11) is 1.25. The summed E-state index contributed by atoms with van der Waals surface area (Å²) in [6.07, 6.45) is 1.37. The Morgan fingerprint density at radius 2 is 1.93 bits per heavy atom. The molecule has 2 aromatic carbocycles. The summed E-state index contributed by atoms with van der Waals surface area (Å²) in [6.45, 7) is -0.315. The molecule has 0 unspecified atom stereocenters. The van der Waals surface area contributed by atoms with Gasteiger partial charge in [0.05, 0.1) is 12.8 Å². The highest BCUT2D eigenvalue weighted by Crippen LogP contribution is 2.28. The monoisotopic (exact) mass is 386 g/mol. The maximum Gasteiger partial charge on any atom is 0.343 e. The highest BCUT2D eigenvalue weighted by molar-refractivity contribution is 6.32. The fraction of sp³-hybridized carbons (Fsp3) is 0.105. The summed E-state index contributed by atoms with van der Waals surface area (Å²) in [5, 5.41) is 1.55. The number of hydrogen-bond acceptors (Lipinski definition) is 5. The molecule has 0 bridgehead atoms. The van der Waals surface area contributed by atoms with E-state index in [9.17, 15) is 14.4 Å². The summed E-state index contributed by atoms with van der Waals surface area (Å²) in [4.78, 5) is 36.2. The van der Waals surface area contributed by atoms with E-state index in [1.165, 1.54) is 19.3 Å². The van der Waals surface area contributed by atoms with Crippen molar-refractivity contribution in [3.8, 4) is 5.75 Å². The smallest absolute Gasteiger partial charge is 0.343 e. The SMILES string of the molecule is COC(=O)COc1ccc(Cl)cc1C=C1C(=O)NN(c2ccccc2)C1=O. The molecule has 1 aliphatic rings. The second-order valence-corrected chi connectivity index (χ2v) is 5.96. The molecule has 1 aliphatic heterocycles. The Morgan fingerprint density at radius 1 is 1.19 bits per heavy atom. The van der Waals surface area contributed by atoms with Crippen LogP contribution in [-0.2, 0) is 19.1 Å². The summed E-state index contributed by atoms with van der Waals surface area (Å²) in [5.74, 6) is -1.34. The Balaban J connectivity index is 1.91. The van der Waals surface area contributed by atoms with E-state index in [0.29, 0.717) is 16.3 Å². The third-order valence-corrected chi connectivity index (χ3v) is 3.99. The first-order valence-corrected chi connectivity index (χ1v) is 8.28. The molecule has 1 N–H and O–H groups in total. The van der Waals surface area contributed by atoms with Crippen molar-refractivity contribution in [3.05, 3.63) is 64.7 Å². The first-order valence-electron chi connectivity index (χ1n) is 7.91. The Bertz CT molecular complexity index is 927. The molecule has 7 nitrogen and oxygen atoms in total. The molecule has 1 saturated heterocycles. The normalized spacial score (nSPS) is 15.0. The van der Waals surface area contributed by atoms with Crippen molar-refractivity contribution < 1.29 is 23.9 Å². The maximum absolute atomic E-state index is 12.7. The Hall–Kier alpha value is -3.32. The Kier molecular flexibility index (Phi) is 5.42. The van der Waals surface area contributed by atoms with Gasteiger partial charge >= 0.3 is 5.97 Å². The van der Waals surface area contributed by atoms with Crippen LogP contribution in [0.5, 0.6) is 5.75 Å². The van der Waals surface area contributed by atoms with Crippen LogP contribution in [0, 0.1) is 0 Å². The lowest BCUT2D eigenvalue weighted by molar-refractivity contribution is -0.142. The first kappa shape index (κ1) is 18.5. The van der Waals surface area contributed by atoms with Gasteiger partial charge < -0.3 is 9.47 Å². The van der Waals surface area contributed by atoms with Crippen molar-refractivity contribution >= 4 is 41.1 Å². The minimum Gasteiger partial charge on any atom is -0.481 e. The molecular weight excluding hydrogens is 372 g/mol. The zero-order chi connectivity index (χ0) is 19.4. The van der Waals surface area contributed by atoms with Crippen molar-refractivity contribution in [1.82, 2.24) is 5.43 Å². The van der Waals surface area contributed by atoms with E-state index in [1.54, 1.807) is 42.5 Å². The predicted octanol–water partition coefficient (Wildman–Crippen LogP) is 2.35. The van der Waals surface area contributed by atoms with E-state index in [2.05, 4.69) is 10.2 Å². The molecular formula is C19H15ClN2O5. The molecule has 0 saturated carbocycles. The third kappa shape index (κ3) is 4.09. The number of para-hydroxylation sites is 1. The van der Waals surface area contributed by atoms with Crippen LogP contribution in [0.25, 0.3) is 6.08 Å². The fourth-order valence-electron chi connectivity index (χ4n) is 2.43. The topological polar surface area (TPSA) is 84.9 Å². The quantitative estimate of drug-likeness (QED) is 0.484. The highest BCUT2D eigenvalue weighted by Gasteiger charge is 2.34. The second-order valence-electron chi connectivity index (χ2n) is 5.52. The van der Waals surface area contributed by atoms with Gasteiger partial charge in [0.25, 0.3) is 11.8 Å². The molecule has 0 spiro atoms. The van der Waals surface area contributed by atoms with Crippen LogP contribution >= 0.6 is 11.6 Å². The lowest BCUT2D eigenvalue weighted by atomic mass is 10.1. The number of methoxy groups -OCH3 is 1. The number of amides is 2. The van der Waals surface area contributed by atoms with Gasteiger partial charge in [0, 0.05) is 10.6 Å². The molecule has 1 fully saturated rings. The molecule has 0 atom stereocenters. The van der Waals surface area contributed by atoms with Crippen molar-refractivity contribution in [1.29, 1.82) is 0 Å². The molecule has 1 heterocycles. The fourth-order valence-corrected chi connectivity index (χ4v) is 2.61. The number of carbonyl (C=O) groups is 3. The summed E-state index contributed by atoms with van der Waals surface area (Å²) >= 11 is 6.02. The number of nitrogens with zero attached hydrogens (tertiary/aromatic N) is 1. The van der Waals surface area contributed by atoms with Gasteiger partial charge in [-0.25, -0.2) is 9.80 Å². The first-order chi connectivity index (χ1) is 13.0. The Morgan fingerprint density at radius 3 is 2.63 bits per heavy atom. The van der Waals surface area contributed by atoms with Gasteiger partial charge in [-0.05, 0) is 36.4 Å². The van der Waals surface area contributed by atoms with E-state index in [0.717, 1.165) is 5.01 Å². The average Bonchev–Trinajstić information content (AvgIpc) is 2.96. The van der Waals surface area contributed by atoms with Crippen molar-refractivity contribution in [2.24, 2.45) is 0 Å². The van der Waals surface area contributed by atoms with Crippen LogP contribution in [0.4, 0.5) is 5.69 Å². The summed E-state index contributed by atoms with van der Waals surface area (Å²) < 4.78 is 9.94. The molecule has 8 heteroatoms. The maximum atomic E-state index is 12.7. The van der Waals surface area contributed by atoms with E-state index in [4.69, 9.17) is 16.3 Å². The van der Waals surface area contributed by atoms with Crippen LogP contribution in [0.3, 0.4) is 0 Å². The molecule has 0 radical (unpaired) electrons. The number of ether oxygens (including phenoxy) is 2. The van der Waals surface area contributed by atoms with Gasteiger partial charge in [-0.1, -0.05) is 29.8 Å². The van der Waals surface area contributed by atoms with Gasteiger partial charge in [0.2, 0.25) is 0 Å². The van der Waals surface area contributed by atoms with Crippen molar-refractivity contribution in [3.63, 3.8) is 0 Å². The average molecular weight is 387 g/mol. The van der Waals surface area contributed by atoms with Crippen LogP contribution in [-0.4, -0.2) is 31.5 Å². The predicted molar refractivity (Wildman–Crippen MR) is 99.0 cm³/mol. The zero-order valence-electron chi connectivity index (χ0n) is 14.3. The van der Waals surface area contributed by atoms with Gasteiger partial charge in [-0.2, -0.15) is 0 Å². The number of halogens is 1. The third-order valence-electron chi connectivity index (χ3n) is 3.75. The molecule has 138 valence electrons. The largest absolute Gasteiger partial charge is 0.481 e. The minimum absolute atomic E-state index is 0.0796. The zero-order valence-corrected chi connectivity index (χ0v) is 15.0. The summed E-state index contributed by atoms with van der Waals surface area (Å²) in [5.41, 5.74) is 3.36. The molecule has 2 amide bonds. The number of esters is 1. The van der Waals surface area contributed by atoms with E-state index in [1.807, 2.05) is 0 Å². The van der Waals surface area contributed by atoms with E-state index in [-0.39, 0.29) is 17.9 Å². The standard InChI is InChI=1S/C19H15ClN2O5/c1-26-17(23)11-27-16-8-7-13(20)9-12(16)10-15-18(24)21-22(19(15)25)14-5-3-2-4-6-14/h2-10H,11H2,1H3,(H,21,24). The molecule has 3 rings (SSSR count). The van der Waals surface area contributed by atoms with Gasteiger partial charge in [0.1, 0.15) is 11.3 Å². The molecule has 0 aliphatic carbocycles. The number of nitrogens with one attached hydrogen (secondary N) is 1. The molecule has 27 heavy (non-hydrogen) atoms.